The van der Waals surface area contributed by atoms with Crippen molar-refractivity contribution < 1.29 is 0 Å². The van der Waals surface area contributed by atoms with E-state index in [0.29, 0.717) is 5.69 Å². The Morgan fingerprint density at radius 2 is 2.00 bits per heavy atom. The van der Waals surface area contributed by atoms with Crippen LogP contribution in [-0.2, 0) is 0 Å². The lowest BCUT2D eigenvalue weighted by atomic mass is 10.2. The van der Waals surface area contributed by atoms with Gasteiger partial charge in [0.1, 0.15) is 5.03 Å². The first kappa shape index (κ1) is 12.5. The van der Waals surface area contributed by atoms with Crippen LogP contribution in [0.15, 0.2) is 44.9 Å². The van der Waals surface area contributed by atoms with Crippen molar-refractivity contribution in [1.82, 2.24) is 4.98 Å². The molecule has 17 heavy (non-hydrogen) atoms. The Hall–Kier alpha value is -1.000. The van der Waals surface area contributed by atoms with Crippen LogP contribution in [0.1, 0.15) is 11.1 Å². The van der Waals surface area contributed by atoms with Gasteiger partial charge in [-0.15, -0.1) is 0 Å². The van der Waals surface area contributed by atoms with Crippen LogP contribution in [0.3, 0.4) is 0 Å². The number of anilines is 1. The van der Waals surface area contributed by atoms with Gasteiger partial charge in [-0.2, -0.15) is 0 Å². The lowest BCUT2D eigenvalue weighted by Crippen LogP contribution is -1.89. The Labute approximate surface area is 114 Å². The molecule has 0 amide bonds. The molecule has 0 saturated carbocycles. The molecule has 0 radical (unpaired) electrons. The second-order valence-electron chi connectivity index (χ2n) is 3.93. The van der Waals surface area contributed by atoms with E-state index in [9.17, 15) is 0 Å². The largest absolute Gasteiger partial charge is 0.397 e. The quantitative estimate of drug-likeness (QED) is 0.904. The molecule has 2 aromatic rings. The number of nitrogens with zero attached hydrogens (tertiary/aromatic N) is 1. The number of aromatic nitrogens is 1. The minimum absolute atomic E-state index is 0.668. The Bertz CT molecular complexity index is 506. The monoisotopic (exact) mass is 308 g/mol. The molecule has 1 aromatic heterocycles. The van der Waals surface area contributed by atoms with Crippen LogP contribution in [0.5, 0.6) is 0 Å². The third-order valence-corrected chi connectivity index (χ3v) is 4.43. The second-order valence-corrected chi connectivity index (χ2v) is 5.81. The van der Waals surface area contributed by atoms with Crippen LogP contribution < -0.4 is 5.73 Å². The predicted octanol–water partition coefficient (Wildman–Crippen LogP) is 4.19. The molecule has 1 aromatic carbocycles. The molecular formula is C13H13BrN2S. The zero-order chi connectivity index (χ0) is 12.4. The minimum atomic E-state index is 0.668. The minimum Gasteiger partial charge on any atom is -0.397 e. The van der Waals surface area contributed by atoms with Crippen LogP contribution >= 0.6 is 27.7 Å². The van der Waals surface area contributed by atoms with Gasteiger partial charge in [-0.05, 0) is 47.5 Å². The number of nitrogens with two attached hydrogens (primary N) is 1. The molecule has 0 aliphatic rings. The number of halogens is 1. The Balaban J connectivity index is 2.31. The molecule has 4 heteroatoms. The van der Waals surface area contributed by atoms with Crippen molar-refractivity contribution >= 4 is 33.4 Å². The van der Waals surface area contributed by atoms with Crippen molar-refractivity contribution in [3.63, 3.8) is 0 Å². The van der Waals surface area contributed by atoms with E-state index in [1.165, 1.54) is 16.0 Å². The first-order valence-corrected chi connectivity index (χ1v) is 6.83. The maximum atomic E-state index is 5.67. The van der Waals surface area contributed by atoms with Gasteiger partial charge in [-0.25, -0.2) is 4.98 Å². The number of hydrogen-bond donors (Lipinski definition) is 1. The SMILES string of the molecule is Cc1ccc(Sc2ncc(N)cc2Br)c(C)c1. The van der Waals surface area contributed by atoms with E-state index in [4.69, 9.17) is 5.73 Å². The number of hydrogen-bond acceptors (Lipinski definition) is 3. The van der Waals surface area contributed by atoms with Gasteiger partial charge in [-0.1, -0.05) is 29.5 Å². The molecule has 0 unspecified atom stereocenters. The summed E-state index contributed by atoms with van der Waals surface area (Å²) < 4.78 is 0.933. The highest BCUT2D eigenvalue weighted by Gasteiger charge is 2.06. The van der Waals surface area contributed by atoms with Crippen molar-refractivity contribution in [2.75, 3.05) is 5.73 Å². The Morgan fingerprint density at radius 1 is 1.24 bits per heavy atom. The van der Waals surface area contributed by atoms with E-state index < -0.39 is 0 Å². The normalized spacial score (nSPS) is 10.5. The van der Waals surface area contributed by atoms with E-state index in [0.717, 1.165) is 9.50 Å². The fourth-order valence-electron chi connectivity index (χ4n) is 1.53. The number of rotatable bonds is 2. The van der Waals surface area contributed by atoms with Crippen molar-refractivity contribution in [1.29, 1.82) is 0 Å². The van der Waals surface area contributed by atoms with Crippen LogP contribution in [0, 0.1) is 13.8 Å². The maximum absolute atomic E-state index is 5.67. The molecule has 0 bridgehead atoms. The molecule has 0 atom stereocenters. The molecule has 88 valence electrons. The Morgan fingerprint density at radius 3 is 2.65 bits per heavy atom. The third kappa shape index (κ3) is 3.01. The maximum Gasteiger partial charge on any atom is 0.115 e. The van der Waals surface area contributed by atoms with Crippen LogP contribution in [0.4, 0.5) is 5.69 Å². The second kappa shape index (κ2) is 5.10. The summed E-state index contributed by atoms with van der Waals surface area (Å²) in [5, 5.41) is 0.936. The van der Waals surface area contributed by atoms with Crippen LogP contribution in [0.25, 0.3) is 0 Å². The van der Waals surface area contributed by atoms with Gasteiger partial charge in [0.2, 0.25) is 0 Å². The van der Waals surface area contributed by atoms with Gasteiger partial charge in [0.05, 0.1) is 16.4 Å². The van der Waals surface area contributed by atoms with Gasteiger partial charge in [-0.3, -0.25) is 0 Å². The molecule has 1 heterocycles. The number of benzene rings is 1. The molecule has 2 nitrogen and oxygen atoms in total. The standard InChI is InChI=1S/C13H13BrN2S/c1-8-3-4-12(9(2)5-8)17-13-11(14)6-10(15)7-16-13/h3-7H,15H2,1-2H3. The van der Waals surface area contributed by atoms with Crippen molar-refractivity contribution in [2.24, 2.45) is 0 Å². The fourth-order valence-corrected chi connectivity index (χ4v) is 2.97. The molecule has 2 rings (SSSR count). The van der Waals surface area contributed by atoms with E-state index in [-0.39, 0.29) is 0 Å². The molecule has 0 aliphatic carbocycles. The summed E-state index contributed by atoms with van der Waals surface area (Å²) >= 11 is 5.12. The highest BCUT2D eigenvalue weighted by atomic mass is 79.9. The summed E-state index contributed by atoms with van der Waals surface area (Å²) in [5.41, 5.74) is 8.88. The summed E-state index contributed by atoms with van der Waals surface area (Å²) in [4.78, 5) is 5.54. The van der Waals surface area contributed by atoms with E-state index in [2.05, 4.69) is 53.0 Å². The third-order valence-electron chi connectivity index (χ3n) is 2.37. The summed E-state index contributed by atoms with van der Waals surface area (Å²) in [6.07, 6.45) is 1.68. The van der Waals surface area contributed by atoms with Crippen LogP contribution in [0.2, 0.25) is 0 Å². The predicted molar refractivity (Wildman–Crippen MR) is 76.4 cm³/mol. The lowest BCUT2D eigenvalue weighted by Gasteiger charge is -2.07. The average molecular weight is 309 g/mol. The van der Waals surface area contributed by atoms with Crippen LogP contribution in [-0.4, -0.2) is 4.98 Å². The molecule has 0 saturated heterocycles. The number of nitrogen functional groups attached to an aromatic ring is 1. The van der Waals surface area contributed by atoms with Gasteiger partial charge >= 0.3 is 0 Å². The summed E-state index contributed by atoms with van der Waals surface area (Å²) in [6, 6.07) is 8.28. The fraction of sp³-hybridized carbons (Fsp3) is 0.154. The number of pyridine rings is 1. The topological polar surface area (TPSA) is 38.9 Å². The highest BCUT2D eigenvalue weighted by Crippen LogP contribution is 2.34. The summed E-state index contributed by atoms with van der Waals surface area (Å²) in [7, 11) is 0. The highest BCUT2D eigenvalue weighted by molar-refractivity contribution is 9.10. The van der Waals surface area contributed by atoms with Crippen molar-refractivity contribution in [3.05, 3.63) is 46.1 Å². The van der Waals surface area contributed by atoms with Gasteiger partial charge in [0, 0.05) is 4.90 Å². The molecule has 0 fully saturated rings. The average Bonchev–Trinajstić information content (AvgIpc) is 2.25. The van der Waals surface area contributed by atoms with Gasteiger partial charge in [0.25, 0.3) is 0 Å². The smallest absolute Gasteiger partial charge is 0.115 e. The zero-order valence-corrected chi connectivity index (χ0v) is 12.1. The first-order valence-electron chi connectivity index (χ1n) is 5.22. The van der Waals surface area contributed by atoms with Crippen molar-refractivity contribution in [2.45, 2.75) is 23.8 Å². The summed E-state index contributed by atoms with van der Waals surface area (Å²) in [5.74, 6) is 0. The summed E-state index contributed by atoms with van der Waals surface area (Å²) in [6.45, 7) is 4.21. The lowest BCUT2D eigenvalue weighted by molar-refractivity contribution is 1.11. The van der Waals surface area contributed by atoms with Crippen molar-refractivity contribution in [3.8, 4) is 0 Å². The zero-order valence-electron chi connectivity index (χ0n) is 9.70. The van der Waals surface area contributed by atoms with E-state index >= 15 is 0 Å². The van der Waals surface area contributed by atoms with E-state index in [1.54, 1.807) is 18.0 Å². The van der Waals surface area contributed by atoms with E-state index in [1.807, 2.05) is 6.07 Å². The molecule has 0 spiro atoms. The van der Waals surface area contributed by atoms with Gasteiger partial charge < -0.3 is 5.73 Å². The number of aryl methyl sites for hydroxylation is 2. The molecule has 0 aliphatic heterocycles. The first-order chi connectivity index (χ1) is 8.06. The molecule has 2 N–H and O–H groups in total. The molecular weight excluding hydrogens is 296 g/mol. The van der Waals surface area contributed by atoms with Gasteiger partial charge in [0.15, 0.2) is 0 Å². The Kier molecular flexibility index (Phi) is 3.74.